The van der Waals surface area contributed by atoms with E-state index in [4.69, 9.17) is 14.2 Å². The molecule has 6 heteroatoms. The van der Waals surface area contributed by atoms with Gasteiger partial charge in [0, 0.05) is 24.7 Å². The molecule has 0 radical (unpaired) electrons. The Hall–Kier alpha value is -2.18. The summed E-state index contributed by atoms with van der Waals surface area (Å²) in [6, 6.07) is 6.93. The number of carbonyl (C=O) groups is 2. The molecular weight excluding hydrogens is 360 g/mol. The number of hydrogen-bond acceptors (Lipinski definition) is 6. The summed E-state index contributed by atoms with van der Waals surface area (Å²) in [4.78, 5) is 25.1. The third-order valence-electron chi connectivity index (χ3n) is 5.39. The van der Waals surface area contributed by atoms with Gasteiger partial charge >= 0.3 is 5.97 Å². The van der Waals surface area contributed by atoms with Crippen molar-refractivity contribution in [3.05, 3.63) is 41.5 Å². The van der Waals surface area contributed by atoms with Crippen molar-refractivity contribution in [1.82, 2.24) is 0 Å². The summed E-state index contributed by atoms with van der Waals surface area (Å²) >= 11 is 0. The Morgan fingerprint density at radius 1 is 1.21 bits per heavy atom. The predicted octanol–water partition coefficient (Wildman–Crippen LogP) is 3.08. The highest BCUT2D eigenvalue weighted by Gasteiger charge is 2.40. The normalized spacial score (nSPS) is 25.6. The van der Waals surface area contributed by atoms with Crippen LogP contribution in [0.1, 0.15) is 50.4 Å². The fraction of sp³-hybridized carbons (Fsp3) is 0.545. The van der Waals surface area contributed by atoms with Gasteiger partial charge < -0.3 is 19.3 Å². The molecule has 0 aromatic heterocycles. The Morgan fingerprint density at radius 2 is 1.89 bits per heavy atom. The van der Waals surface area contributed by atoms with E-state index < -0.39 is 23.6 Å². The van der Waals surface area contributed by atoms with Gasteiger partial charge in [0.1, 0.15) is 29.6 Å². The molecule has 1 aliphatic carbocycles. The van der Waals surface area contributed by atoms with Crippen molar-refractivity contribution in [1.29, 1.82) is 0 Å². The Bertz CT molecular complexity index is 760. The lowest BCUT2D eigenvalue weighted by atomic mass is 9.80. The van der Waals surface area contributed by atoms with E-state index in [2.05, 4.69) is 0 Å². The van der Waals surface area contributed by atoms with Gasteiger partial charge in [-0.05, 0) is 30.7 Å². The Kier molecular flexibility index (Phi) is 6.20. The highest BCUT2D eigenvalue weighted by Crippen LogP contribution is 2.34. The molecule has 2 aliphatic rings. The van der Waals surface area contributed by atoms with E-state index in [1.165, 1.54) is 0 Å². The average molecular weight is 388 g/mol. The maximum atomic E-state index is 12.9. The van der Waals surface area contributed by atoms with Crippen LogP contribution in [0.2, 0.25) is 0 Å². The van der Waals surface area contributed by atoms with Crippen LogP contribution in [-0.2, 0) is 14.3 Å². The molecule has 2 unspecified atom stereocenters. The van der Waals surface area contributed by atoms with Crippen LogP contribution in [0.25, 0.3) is 0 Å². The number of benzene rings is 1. The molecule has 1 aliphatic heterocycles. The zero-order chi connectivity index (χ0) is 20.3. The molecule has 1 aromatic carbocycles. The van der Waals surface area contributed by atoms with E-state index in [0.717, 1.165) is 12.8 Å². The van der Waals surface area contributed by atoms with Crippen LogP contribution >= 0.6 is 0 Å². The molecule has 0 bridgehead atoms. The van der Waals surface area contributed by atoms with E-state index in [-0.39, 0.29) is 18.3 Å². The average Bonchev–Trinajstić information content (AvgIpc) is 2.73. The van der Waals surface area contributed by atoms with Gasteiger partial charge in [0.05, 0.1) is 13.2 Å². The molecular formula is C22H28O6. The van der Waals surface area contributed by atoms with E-state index in [1.54, 1.807) is 51.1 Å². The molecule has 1 N–H and O–H groups in total. The topological polar surface area (TPSA) is 82.1 Å². The maximum Gasteiger partial charge on any atom is 0.342 e. The third kappa shape index (κ3) is 4.62. The number of aliphatic hydroxyl groups is 1. The first kappa shape index (κ1) is 20.6. The van der Waals surface area contributed by atoms with Gasteiger partial charge in [-0.2, -0.15) is 0 Å². The quantitative estimate of drug-likeness (QED) is 0.799. The Labute approximate surface area is 165 Å². The van der Waals surface area contributed by atoms with Crippen molar-refractivity contribution in [3.8, 4) is 5.75 Å². The van der Waals surface area contributed by atoms with Crippen LogP contribution in [0.3, 0.4) is 0 Å². The molecule has 28 heavy (non-hydrogen) atoms. The monoisotopic (exact) mass is 388 g/mol. The summed E-state index contributed by atoms with van der Waals surface area (Å²) < 4.78 is 17.0. The highest BCUT2D eigenvalue weighted by atomic mass is 16.6. The summed E-state index contributed by atoms with van der Waals surface area (Å²) in [5, 5.41) is 10.7. The maximum absolute atomic E-state index is 12.9. The molecule has 2 atom stereocenters. The summed E-state index contributed by atoms with van der Waals surface area (Å²) in [6.07, 6.45) is 1.39. The Morgan fingerprint density at radius 3 is 2.61 bits per heavy atom. The van der Waals surface area contributed by atoms with Crippen molar-refractivity contribution in [2.75, 3.05) is 13.2 Å². The van der Waals surface area contributed by atoms with Crippen LogP contribution in [0.4, 0.5) is 0 Å². The number of aliphatic hydroxyl groups excluding tert-OH is 1. The lowest BCUT2D eigenvalue weighted by molar-refractivity contribution is -0.119. The first-order valence-electron chi connectivity index (χ1n) is 9.72. The van der Waals surface area contributed by atoms with Gasteiger partial charge in [0.2, 0.25) is 0 Å². The molecule has 3 rings (SSSR count). The number of carbonyl (C=O) groups excluding carboxylic acids is 2. The molecule has 152 valence electrons. The van der Waals surface area contributed by atoms with Crippen LogP contribution < -0.4 is 4.74 Å². The molecule has 1 saturated heterocycles. The Balaban J connectivity index is 1.79. The molecule has 0 saturated carbocycles. The third-order valence-corrected chi connectivity index (χ3v) is 5.39. The van der Waals surface area contributed by atoms with Gasteiger partial charge in [0.15, 0.2) is 5.78 Å². The number of ketones is 1. The SMILES string of the molecule is CC1=CC(OC(=O)c2ccccc2OC2CCOCC2)C(O)C(C)(C)CC1=O. The standard InChI is InChI=1S/C22H28O6/c1-14-12-19(20(24)22(2,3)13-17(14)23)28-21(25)16-6-4-5-7-18(16)27-15-8-10-26-11-9-15/h4-7,12,15,19-20,24H,8-11,13H2,1-3H3. The van der Waals surface area contributed by atoms with Crippen molar-refractivity contribution in [3.63, 3.8) is 0 Å². The molecule has 0 spiro atoms. The van der Waals surface area contributed by atoms with E-state index in [9.17, 15) is 14.7 Å². The zero-order valence-electron chi connectivity index (χ0n) is 16.6. The summed E-state index contributed by atoms with van der Waals surface area (Å²) in [5.41, 5.74) is 0.101. The second kappa shape index (κ2) is 8.45. The van der Waals surface area contributed by atoms with E-state index >= 15 is 0 Å². The van der Waals surface area contributed by atoms with Gasteiger partial charge in [-0.15, -0.1) is 0 Å². The lowest BCUT2D eigenvalue weighted by Gasteiger charge is -2.32. The minimum Gasteiger partial charge on any atom is -0.489 e. The van der Waals surface area contributed by atoms with Gasteiger partial charge in [-0.1, -0.05) is 26.0 Å². The molecule has 1 aromatic rings. The first-order valence-corrected chi connectivity index (χ1v) is 9.72. The summed E-state index contributed by atoms with van der Waals surface area (Å²) in [6.45, 7) is 6.55. The number of Topliss-reactive ketones (excluding diaryl/α,β-unsaturated/α-hetero) is 1. The smallest absolute Gasteiger partial charge is 0.342 e. The molecule has 6 nitrogen and oxygen atoms in total. The summed E-state index contributed by atoms with van der Waals surface area (Å²) in [5.74, 6) is -0.176. The minimum absolute atomic E-state index is 0.00938. The van der Waals surface area contributed by atoms with Crippen LogP contribution in [0, 0.1) is 5.41 Å². The van der Waals surface area contributed by atoms with E-state index in [0.29, 0.717) is 30.1 Å². The number of ether oxygens (including phenoxy) is 3. The van der Waals surface area contributed by atoms with Gasteiger partial charge in [-0.3, -0.25) is 4.79 Å². The van der Waals surface area contributed by atoms with Gasteiger partial charge in [-0.25, -0.2) is 4.79 Å². The van der Waals surface area contributed by atoms with Crippen LogP contribution in [-0.4, -0.2) is 48.4 Å². The lowest BCUT2D eigenvalue weighted by Crippen LogP contribution is -2.40. The van der Waals surface area contributed by atoms with Crippen molar-refractivity contribution < 1.29 is 28.9 Å². The second-order valence-electron chi connectivity index (χ2n) is 8.18. The highest BCUT2D eigenvalue weighted by molar-refractivity contribution is 5.96. The first-order chi connectivity index (χ1) is 13.3. The molecule has 1 fully saturated rings. The summed E-state index contributed by atoms with van der Waals surface area (Å²) in [7, 11) is 0. The fourth-order valence-electron chi connectivity index (χ4n) is 3.53. The largest absolute Gasteiger partial charge is 0.489 e. The number of esters is 1. The van der Waals surface area contributed by atoms with Gasteiger partial charge in [0.25, 0.3) is 0 Å². The fourth-order valence-corrected chi connectivity index (χ4v) is 3.53. The second-order valence-corrected chi connectivity index (χ2v) is 8.18. The van der Waals surface area contributed by atoms with Crippen LogP contribution in [0.5, 0.6) is 5.75 Å². The van der Waals surface area contributed by atoms with Crippen LogP contribution in [0.15, 0.2) is 35.9 Å². The molecule has 0 amide bonds. The van der Waals surface area contributed by atoms with Crippen molar-refractivity contribution in [2.45, 2.75) is 58.3 Å². The number of hydrogen-bond donors (Lipinski definition) is 1. The zero-order valence-corrected chi connectivity index (χ0v) is 16.6. The number of para-hydroxylation sites is 1. The minimum atomic E-state index is -0.985. The van der Waals surface area contributed by atoms with Crippen molar-refractivity contribution in [2.24, 2.45) is 5.41 Å². The van der Waals surface area contributed by atoms with E-state index in [1.807, 2.05) is 0 Å². The van der Waals surface area contributed by atoms with Crippen molar-refractivity contribution >= 4 is 11.8 Å². The number of rotatable bonds is 4. The number of allylic oxidation sites excluding steroid dienone is 1. The molecule has 1 heterocycles. The predicted molar refractivity (Wildman–Crippen MR) is 103 cm³/mol.